The predicted octanol–water partition coefficient (Wildman–Crippen LogP) is 10.1. The number of fused-ring (bicyclic) bond motifs is 5. The summed E-state index contributed by atoms with van der Waals surface area (Å²) in [7, 11) is 0. The lowest BCUT2D eigenvalue weighted by atomic mass is 9.89. The van der Waals surface area contributed by atoms with E-state index < -0.39 is 0 Å². The van der Waals surface area contributed by atoms with Crippen molar-refractivity contribution >= 4 is 5.69 Å². The maximum absolute atomic E-state index is 8.02. The molecule has 212 valence electrons. The van der Waals surface area contributed by atoms with Crippen LogP contribution in [-0.4, -0.2) is 19.9 Å². The highest BCUT2D eigenvalue weighted by Gasteiger charge is 2.36. The summed E-state index contributed by atoms with van der Waals surface area (Å²) in [5, 5.41) is 0. The highest BCUT2D eigenvalue weighted by atomic mass is 15.0. The summed E-state index contributed by atoms with van der Waals surface area (Å²) < 4.78 is 0. The zero-order chi connectivity index (χ0) is 29.7. The van der Waals surface area contributed by atoms with Crippen molar-refractivity contribution in [1.29, 1.82) is 0 Å². The molecule has 0 spiro atoms. The molecular formula is C38H35N5. The van der Waals surface area contributed by atoms with E-state index in [9.17, 15) is 0 Å². The third-order valence-electron chi connectivity index (χ3n) is 9.23. The highest BCUT2D eigenvalue weighted by Crippen LogP contribution is 2.53. The van der Waals surface area contributed by atoms with E-state index in [0.29, 0.717) is 58.1 Å². The standard InChI is InChI=1S/C38H35N5/c1-22(2)24-6-10-26(11-7-24)36-41-37(27-12-8-25(9-13-27)23(3)4)43-38(42-36)31-20-34(39-5)35(40-21-31)30-16-17-32-28-14-15-29(18-28)33(32)19-30/h6-13,16-17,19-23,28-29H,14-15,18H2,1-4H3. The number of hydrogen-bond acceptors (Lipinski definition) is 4. The first-order valence-corrected chi connectivity index (χ1v) is 15.4. The number of aromatic nitrogens is 4. The van der Waals surface area contributed by atoms with Gasteiger partial charge in [-0.05, 0) is 76.8 Å². The van der Waals surface area contributed by atoms with Crippen LogP contribution >= 0.6 is 0 Å². The van der Waals surface area contributed by atoms with Gasteiger partial charge in [0.15, 0.2) is 17.5 Å². The van der Waals surface area contributed by atoms with Gasteiger partial charge in [-0.3, -0.25) is 4.98 Å². The Balaban J connectivity index is 1.31. The molecule has 0 N–H and O–H groups in total. The minimum Gasteiger partial charge on any atom is -0.267 e. The van der Waals surface area contributed by atoms with Crippen LogP contribution in [0.25, 0.3) is 50.3 Å². The van der Waals surface area contributed by atoms with Gasteiger partial charge in [0, 0.05) is 22.9 Å². The smallest absolute Gasteiger partial charge is 0.213 e. The number of hydrogen-bond donors (Lipinski definition) is 0. The molecule has 2 atom stereocenters. The van der Waals surface area contributed by atoms with Gasteiger partial charge < -0.3 is 0 Å². The van der Waals surface area contributed by atoms with Gasteiger partial charge in [-0.2, -0.15) is 0 Å². The maximum Gasteiger partial charge on any atom is 0.213 e. The largest absolute Gasteiger partial charge is 0.267 e. The molecule has 5 aromatic rings. The quantitative estimate of drug-likeness (QED) is 0.194. The van der Waals surface area contributed by atoms with Crippen LogP contribution in [0.4, 0.5) is 5.69 Å². The SMILES string of the molecule is [C-]#[N+]c1cc(-c2nc(-c3ccc(C(C)C)cc3)nc(-c3ccc(C(C)C)cc3)n2)cnc1-c1ccc2c(c1)C1CCC2C1. The van der Waals surface area contributed by atoms with E-state index >= 15 is 0 Å². The van der Waals surface area contributed by atoms with E-state index in [0.717, 1.165) is 16.7 Å². The second-order valence-corrected chi connectivity index (χ2v) is 12.6. The summed E-state index contributed by atoms with van der Waals surface area (Å²) in [5.74, 6) is 3.96. The fourth-order valence-corrected chi connectivity index (χ4v) is 6.67. The van der Waals surface area contributed by atoms with E-state index in [4.69, 9.17) is 26.5 Å². The van der Waals surface area contributed by atoms with Gasteiger partial charge in [0.2, 0.25) is 5.69 Å². The molecule has 0 radical (unpaired) electrons. The van der Waals surface area contributed by atoms with Crippen molar-refractivity contribution in [3.05, 3.63) is 113 Å². The molecule has 5 heteroatoms. The molecule has 2 aliphatic carbocycles. The van der Waals surface area contributed by atoms with Crippen molar-refractivity contribution in [3.8, 4) is 45.4 Å². The molecule has 7 rings (SSSR count). The first kappa shape index (κ1) is 27.2. The van der Waals surface area contributed by atoms with Crippen LogP contribution in [0.2, 0.25) is 0 Å². The van der Waals surface area contributed by atoms with Crippen LogP contribution in [0, 0.1) is 6.57 Å². The van der Waals surface area contributed by atoms with Gasteiger partial charge in [-0.1, -0.05) is 94.4 Å². The van der Waals surface area contributed by atoms with Crippen LogP contribution in [0.1, 0.15) is 92.9 Å². The molecule has 43 heavy (non-hydrogen) atoms. The average Bonchev–Trinajstić information content (AvgIpc) is 3.67. The summed E-state index contributed by atoms with van der Waals surface area (Å²) in [5.41, 5.74) is 10.3. The van der Waals surface area contributed by atoms with Crippen molar-refractivity contribution in [1.82, 2.24) is 19.9 Å². The Morgan fingerprint density at radius 1 is 0.628 bits per heavy atom. The molecule has 1 saturated carbocycles. The monoisotopic (exact) mass is 561 g/mol. The van der Waals surface area contributed by atoms with Crippen LogP contribution < -0.4 is 0 Å². The first-order valence-electron chi connectivity index (χ1n) is 15.4. The van der Waals surface area contributed by atoms with Crippen molar-refractivity contribution in [2.24, 2.45) is 0 Å². The highest BCUT2D eigenvalue weighted by molar-refractivity contribution is 5.80. The summed E-state index contributed by atoms with van der Waals surface area (Å²) in [4.78, 5) is 23.5. The minimum absolute atomic E-state index is 0.440. The van der Waals surface area contributed by atoms with Gasteiger partial charge in [0.25, 0.3) is 0 Å². The van der Waals surface area contributed by atoms with Gasteiger partial charge in [0.05, 0.1) is 12.3 Å². The fourth-order valence-electron chi connectivity index (χ4n) is 6.67. The molecule has 5 nitrogen and oxygen atoms in total. The lowest BCUT2D eigenvalue weighted by molar-refractivity contribution is 0.718. The summed E-state index contributed by atoms with van der Waals surface area (Å²) >= 11 is 0. The van der Waals surface area contributed by atoms with E-state index in [1.807, 2.05) is 6.07 Å². The Morgan fingerprint density at radius 3 is 1.67 bits per heavy atom. The topological polar surface area (TPSA) is 55.9 Å². The number of nitrogens with zero attached hydrogens (tertiary/aromatic N) is 5. The van der Waals surface area contributed by atoms with Crippen molar-refractivity contribution in [3.63, 3.8) is 0 Å². The lowest BCUT2D eigenvalue weighted by Gasteiger charge is -2.16. The molecule has 0 saturated heterocycles. The van der Waals surface area contributed by atoms with Crippen LogP contribution in [-0.2, 0) is 0 Å². The average molecular weight is 562 g/mol. The van der Waals surface area contributed by atoms with E-state index in [1.165, 1.54) is 41.5 Å². The molecule has 2 bridgehead atoms. The Morgan fingerprint density at radius 2 is 1.14 bits per heavy atom. The molecule has 2 heterocycles. The summed E-state index contributed by atoms with van der Waals surface area (Å²) in [6.45, 7) is 16.8. The Labute approximate surface area is 254 Å². The van der Waals surface area contributed by atoms with Crippen molar-refractivity contribution in [2.75, 3.05) is 0 Å². The molecule has 2 aromatic heterocycles. The molecular weight excluding hydrogens is 526 g/mol. The lowest BCUT2D eigenvalue weighted by Crippen LogP contribution is -2.01. The summed E-state index contributed by atoms with van der Waals surface area (Å²) in [6.07, 6.45) is 5.64. The summed E-state index contributed by atoms with van der Waals surface area (Å²) in [6, 6.07) is 25.4. The number of rotatable bonds is 6. The van der Waals surface area contributed by atoms with E-state index in [2.05, 4.69) is 99.3 Å². The first-order chi connectivity index (χ1) is 20.9. The second-order valence-electron chi connectivity index (χ2n) is 12.6. The Kier molecular flexibility index (Phi) is 6.86. The van der Waals surface area contributed by atoms with Gasteiger partial charge >= 0.3 is 0 Å². The van der Waals surface area contributed by atoms with Gasteiger partial charge in [-0.25, -0.2) is 19.8 Å². The fraction of sp³-hybridized carbons (Fsp3) is 0.289. The maximum atomic E-state index is 8.02. The zero-order valence-electron chi connectivity index (χ0n) is 25.2. The Bertz CT molecular complexity index is 1790. The molecule has 0 aliphatic heterocycles. The van der Waals surface area contributed by atoms with Crippen molar-refractivity contribution < 1.29 is 0 Å². The third kappa shape index (κ3) is 5.02. The number of benzene rings is 3. The molecule has 2 aliphatic rings. The molecule has 0 amide bonds. The molecule has 2 unspecified atom stereocenters. The van der Waals surface area contributed by atoms with Crippen LogP contribution in [0.15, 0.2) is 79.0 Å². The third-order valence-corrected chi connectivity index (χ3v) is 9.23. The van der Waals surface area contributed by atoms with E-state index in [-0.39, 0.29) is 0 Å². The van der Waals surface area contributed by atoms with Crippen LogP contribution in [0.3, 0.4) is 0 Å². The van der Waals surface area contributed by atoms with E-state index in [1.54, 1.807) is 6.20 Å². The van der Waals surface area contributed by atoms with Gasteiger partial charge in [-0.15, -0.1) is 0 Å². The minimum atomic E-state index is 0.440. The number of pyridine rings is 1. The Hall–Kier alpha value is -4.69. The van der Waals surface area contributed by atoms with Crippen LogP contribution in [0.5, 0.6) is 0 Å². The zero-order valence-corrected chi connectivity index (χ0v) is 25.2. The predicted molar refractivity (Wildman–Crippen MR) is 173 cm³/mol. The molecule has 1 fully saturated rings. The van der Waals surface area contributed by atoms with Gasteiger partial charge in [0.1, 0.15) is 0 Å². The normalized spacial score (nSPS) is 17.0. The molecule has 3 aromatic carbocycles. The second kappa shape index (κ2) is 10.9. The van der Waals surface area contributed by atoms with Crippen molar-refractivity contribution in [2.45, 2.75) is 70.6 Å².